The Bertz CT molecular complexity index is 660. The minimum atomic E-state index is -0.875. The van der Waals surface area contributed by atoms with Gasteiger partial charge in [0, 0.05) is 29.9 Å². The maximum absolute atomic E-state index is 13.0. The molecule has 0 fully saturated rings. The van der Waals surface area contributed by atoms with Crippen molar-refractivity contribution in [2.45, 2.75) is 39.3 Å². The van der Waals surface area contributed by atoms with Gasteiger partial charge in [-0.05, 0) is 25.8 Å². The van der Waals surface area contributed by atoms with E-state index in [0.717, 1.165) is 29.5 Å². The molecule has 0 aromatic heterocycles. The van der Waals surface area contributed by atoms with Crippen LogP contribution in [0.25, 0.3) is 0 Å². The Morgan fingerprint density at radius 2 is 2.04 bits per heavy atom. The van der Waals surface area contributed by atoms with E-state index < -0.39 is 5.72 Å². The Morgan fingerprint density at radius 3 is 2.67 bits per heavy atom. The van der Waals surface area contributed by atoms with Gasteiger partial charge in [-0.25, -0.2) is 0 Å². The highest BCUT2D eigenvalue weighted by molar-refractivity contribution is 6.00. The summed E-state index contributed by atoms with van der Waals surface area (Å²) in [5.74, 6) is 0.0306. The SMILES string of the molecule is C=C/C=C(\C=C/C)C1(OCCC)c2ccccc2C(=O)N1CCC. The number of hydrogen-bond acceptors (Lipinski definition) is 2. The first kappa shape index (κ1) is 18.2. The molecule has 0 aliphatic carbocycles. The fraction of sp³-hybridized carbons (Fsp3) is 0.381. The average Bonchev–Trinajstić information content (AvgIpc) is 2.83. The van der Waals surface area contributed by atoms with E-state index in [1.165, 1.54) is 0 Å². The Kier molecular flexibility index (Phi) is 6.16. The zero-order valence-corrected chi connectivity index (χ0v) is 14.9. The molecule has 1 atom stereocenters. The van der Waals surface area contributed by atoms with Crippen LogP contribution in [0.15, 0.2) is 60.7 Å². The number of fused-ring (bicyclic) bond motifs is 1. The number of carbonyl (C=O) groups is 1. The number of benzene rings is 1. The Hall–Kier alpha value is -2.13. The summed E-state index contributed by atoms with van der Waals surface area (Å²) in [6.45, 7) is 11.2. The van der Waals surface area contributed by atoms with E-state index in [1.807, 2.05) is 54.3 Å². The maximum Gasteiger partial charge on any atom is 0.257 e. The minimum Gasteiger partial charge on any atom is -0.347 e. The molecule has 1 aliphatic heterocycles. The molecule has 3 nitrogen and oxygen atoms in total. The first-order chi connectivity index (χ1) is 11.7. The zero-order chi connectivity index (χ0) is 17.6. The van der Waals surface area contributed by atoms with E-state index in [1.54, 1.807) is 6.08 Å². The van der Waals surface area contributed by atoms with Gasteiger partial charge in [0.15, 0.2) is 5.72 Å². The summed E-state index contributed by atoms with van der Waals surface area (Å²) in [4.78, 5) is 14.9. The number of nitrogens with zero attached hydrogens (tertiary/aromatic N) is 1. The van der Waals surface area contributed by atoms with E-state index in [0.29, 0.717) is 13.2 Å². The summed E-state index contributed by atoms with van der Waals surface area (Å²) < 4.78 is 6.41. The van der Waals surface area contributed by atoms with Crippen molar-refractivity contribution in [2.75, 3.05) is 13.2 Å². The van der Waals surface area contributed by atoms with Crippen molar-refractivity contribution in [3.63, 3.8) is 0 Å². The van der Waals surface area contributed by atoms with Gasteiger partial charge in [-0.3, -0.25) is 4.79 Å². The van der Waals surface area contributed by atoms with Crippen LogP contribution in [-0.4, -0.2) is 24.0 Å². The maximum atomic E-state index is 13.0. The first-order valence-electron chi connectivity index (χ1n) is 8.68. The van der Waals surface area contributed by atoms with Gasteiger partial charge in [-0.2, -0.15) is 0 Å². The Morgan fingerprint density at radius 1 is 1.29 bits per heavy atom. The van der Waals surface area contributed by atoms with E-state index in [-0.39, 0.29) is 5.91 Å². The summed E-state index contributed by atoms with van der Waals surface area (Å²) in [6.07, 6.45) is 9.43. The predicted octanol–water partition coefficient (Wildman–Crippen LogP) is 4.82. The second kappa shape index (κ2) is 8.11. The van der Waals surface area contributed by atoms with Crippen LogP contribution in [-0.2, 0) is 10.5 Å². The quantitative estimate of drug-likeness (QED) is 0.641. The lowest BCUT2D eigenvalue weighted by Crippen LogP contribution is -2.47. The lowest BCUT2D eigenvalue weighted by atomic mass is 9.92. The van der Waals surface area contributed by atoms with Crippen LogP contribution in [0.5, 0.6) is 0 Å². The van der Waals surface area contributed by atoms with Crippen molar-refractivity contribution in [3.05, 3.63) is 71.8 Å². The van der Waals surface area contributed by atoms with Crippen molar-refractivity contribution in [3.8, 4) is 0 Å². The monoisotopic (exact) mass is 325 g/mol. The molecular weight excluding hydrogens is 298 g/mol. The molecule has 1 aromatic carbocycles. The van der Waals surface area contributed by atoms with Gasteiger partial charge >= 0.3 is 0 Å². The van der Waals surface area contributed by atoms with E-state index in [2.05, 4.69) is 20.4 Å². The van der Waals surface area contributed by atoms with Gasteiger partial charge in [-0.1, -0.05) is 62.9 Å². The number of rotatable bonds is 8. The van der Waals surface area contributed by atoms with Gasteiger partial charge in [0.1, 0.15) is 0 Å². The molecule has 0 spiro atoms. The van der Waals surface area contributed by atoms with Crippen molar-refractivity contribution in [1.29, 1.82) is 0 Å². The standard InChI is InChI=1S/C21H27NO2/c1-5-11-17(12-6-2)21(24-16-8-4)19-14-10-9-13-18(19)20(23)22(21)15-7-3/h5-6,9-14H,1,7-8,15-16H2,2-4H3/b12-6-,17-11+. The van der Waals surface area contributed by atoms with Gasteiger partial charge in [-0.15, -0.1) is 0 Å². The van der Waals surface area contributed by atoms with Gasteiger partial charge in [0.05, 0.1) is 0 Å². The molecule has 1 heterocycles. The van der Waals surface area contributed by atoms with E-state index in [9.17, 15) is 4.79 Å². The number of ether oxygens (including phenoxy) is 1. The second-order valence-corrected chi connectivity index (χ2v) is 5.85. The average molecular weight is 325 g/mol. The molecule has 1 amide bonds. The predicted molar refractivity (Wildman–Crippen MR) is 98.8 cm³/mol. The third-order valence-electron chi connectivity index (χ3n) is 4.15. The molecule has 2 rings (SSSR count). The fourth-order valence-corrected chi connectivity index (χ4v) is 3.27. The van der Waals surface area contributed by atoms with E-state index >= 15 is 0 Å². The van der Waals surface area contributed by atoms with Crippen LogP contribution in [0.4, 0.5) is 0 Å². The molecule has 0 N–H and O–H groups in total. The first-order valence-corrected chi connectivity index (χ1v) is 8.68. The van der Waals surface area contributed by atoms with E-state index in [4.69, 9.17) is 4.74 Å². The second-order valence-electron chi connectivity index (χ2n) is 5.85. The Balaban J connectivity index is 2.75. The number of allylic oxidation sites excluding steroid dienone is 3. The van der Waals surface area contributed by atoms with Gasteiger partial charge in [0.2, 0.25) is 0 Å². The molecular formula is C21H27NO2. The van der Waals surface area contributed by atoms with Crippen molar-refractivity contribution in [1.82, 2.24) is 4.90 Å². The normalized spacial score (nSPS) is 20.7. The molecule has 24 heavy (non-hydrogen) atoms. The highest BCUT2D eigenvalue weighted by Crippen LogP contribution is 2.46. The lowest BCUT2D eigenvalue weighted by Gasteiger charge is -2.40. The molecule has 1 aliphatic rings. The third-order valence-corrected chi connectivity index (χ3v) is 4.15. The molecule has 0 bridgehead atoms. The van der Waals surface area contributed by atoms with Gasteiger partial charge < -0.3 is 9.64 Å². The summed E-state index contributed by atoms with van der Waals surface area (Å²) in [5.41, 5.74) is 1.70. The number of hydrogen-bond donors (Lipinski definition) is 0. The Labute approximate surface area is 145 Å². The van der Waals surface area contributed by atoms with Crippen LogP contribution >= 0.6 is 0 Å². The molecule has 0 saturated heterocycles. The molecule has 128 valence electrons. The van der Waals surface area contributed by atoms with Crippen molar-refractivity contribution in [2.24, 2.45) is 0 Å². The third kappa shape index (κ3) is 2.96. The zero-order valence-electron chi connectivity index (χ0n) is 14.9. The summed E-state index contributed by atoms with van der Waals surface area (Å²) in [5, 5.41) is 0. The minimum absolute atomic E-state index is 0.0306. The fourth-order valence-electron chi connectivity index (χ4n) is 3.27. The van der Waals surface area contributed by atoms with Crippen LogP contribution in [0.1, 0.15) is 49.5 Å². The van der Waals surface area contributed by atoms with Crippen LogP contribution < -0.4 is 0 Å². The summed E-state index contributed by atoms with van der Waals surface area (Å²) in [7, 11) is 0. The van der Waals surface area contributed by atoms with Crippen LogP contribution in [0, 0.1) is 0 Å². The summed E-state index contributed by atoms with van der Waals surface area (Å²) in [6, 6.07) is 7.76. The topological polar surface area (TPSA) is 29.5 Å². The molecule has 1 aromatic rings. The lowest BCUT2D eigenvalue weighted by molar-refractivity contribution is -0.108. The van der Waals surface area contributed by atoms with Crippen molar-refractivity contribution < 1.29 is 9.53 Å². The highest BCUT2D eigenvalue weighted by atomic mass is 16.5. The van der Waals surface area contributed by atoms with Gasteiger partial charge in [0.25, 0.3) is 5.91 Å². The highest BCUT2D eigenvalue weighted by Gasteiger charge is 2.51. The van der Waals surface area contributed by atoms with Crippen molar-refractivity contribution >= 4 is 5.91 Å². The van der Waals surface area contributed by atoms with Crippen LogP contribution in [0.3, 0.4) is 0 Å². The molecule has 0 radical (unpaired) electrons. The molecule has 3 heteroatoms. The largest absolute Gasteiger partial charge is 0.347 e. The molecule has 1 unspecified atom stereocenters. The number of carbonyl (C=O) groups excluding carboxylic acids is 1. The van der Waals surface area contributed by atoms with Crippen LogP contribution in [0.2, 0.25) is 0 Å². The molecule has 0 saturated carbocycles. The smallest absolute Gasteiger partial charge is 0.257 e. The number of amides is 1. The summed E-state index contributed by atoms with van der Waals surface area (Å²) >= 11 is 0.